The van der Waals surface area contributed by atoms with Crippen molar-refractivity contribution in [3.05, 3.63) is 0 Å². The first-order valence-electron chi connectivity index (χ1n) is 8.50. The highest BCUT2D eigenvalue weighted by molar-refractivity contribution is 5.85. The van der Waals surface area contributed by atoms with Crippen LogP contribution in [0.2, 0.25) is 0 Å². The van der Waals surface area contributed by atoms with Crippen LogP contribution in [-0.4, -0.2) is 35.0 Å². The summed E-state index contributed by atoms with van der Waals surface area (Å²) in [6.07, 6.45) is 6.54. The van der Waals surface area contributed by atoms with Gasteiger partial charge >= 0.3 is 5.97 Å². The van der Waals surface area contributed by atoms with Gasteiger partial charge in [-0.1, -0.05) is 46.0 Å². The first-order valence-corrected chi connectivity index (χ1v) is 8.50. The quantitative estimate of drug-likeness (QED) is 0.743. The summed E-state index contributed by atoms with van der Waals surface area (Å²) in [5.74, 6) is -0.246. The van der Waals surface area contributed by atoms with E-state index < -0.39 is 11.4 Å². The van der Waals surface area contributed by atoms with Crippen LogP contribution in [0.25, 0.3) is 0 Å². The van der Waals surface area contributed by atoms with Crippen molar-refractivity contribution in [2.45, 2.75) is 72.1 Å². The maximum Gasteiger partial charge on any atom is 0.310 e. The van der Waals surface area contributed by atoms with E-state index >= 15 is 0 Å². The molecule has 0 atom stereocenters. The van der Waals surface area contributed by atoms with Gasteiger partial charge in [0.05, 0.1) is 5.41 Å². The lowest BCUT2D eigenvalue weighted by Gasteiger charge is -2.35. The molecule has 0 aromatic rings. The van der Waals surface area contributed by atoms with Crippen molar-refractivity contribution in [2.24, 2.45) is 11.3 Å². The van der Waals surface area contributed by atoms with Gasteiger partial charge < -0.3 is 10.0 Å². The Labute approximate surface area is 128 Å². The Balaban J connectivity index is 2.72. The molecule has 1 aliphatic carbocycles. The maximum absolute atomic E-state index is 12.6. The fourth-order valence-electron chi connectivity index (χ4n) is 3.36. The molecule has 0 heterocycles. The third kappa shape index (κ3) is 4.72. The molecule has 0 bridgehead atoms. The number of rotatable bonds is 8. The Morgan fingerprint density at radius 1 is 1.10 bits per heavy atom. The van der Waals surface area contributed by atoms with Crippen LogP contribution < -0.4 is 0 Å². The summed E-state index contributed by atoms with van der Waals surface area (Å²) in [5, 5.41) is 9.60. The average Bonchev–Trinajstić information content (AvgIpc) is 2.49. The van der Waals surface area contributed by atoms with Gasteiger partial charge in [0.2, 0.25) is 5.91 Å². The Morgan fingerprint density at radius 2 is 1.67 bits per heavy atom. The molecule has 1 saturated carbocycles. The molecule has 0 aromatic carbocycles. The average molecular weight is 297 g/mol. The fourth-order valence-corrected chi connectivity index (χ4v) is 3.36. The van der Waals surface area contributed by atoms with E-state index in [2.05, 4.69) is 13.8 Å². The van der Waals surface area contributed by atoms with E-state index in [1.165, 1.54) is 0 Å². The van der Waals surface area contributed by atoms with Gasteiger partial charge in [-0.15, -0.1) is 0 Å². The molecule has 1 amide bonds. The summed E-state index contributed by atoms with van der Waals surface area (Å²) in [6.45, 7) is 7.70. The summed E-state index contributed by atoms with van der Waals surface area (Å²) >= 11 is 0. The van der Waals surface area contributed by atoms with E-state index in [0.29, 0.717) is 25.3 Å². The third-order valence-electron chi connectivity index (χ3n) is 5.12. The Hall–Kier alpha value is -1.06. The number of hydrogen-bond donors (Lipinski definition) is 1. The molecule has 1 rings (SSSR count). The molecule has 0 saturated heterocycles. The van der Waals surface area contributed by atoms with Crippen molar-refractivity contribution in [3.8, 4) is 0 Å². The molecule has 0 aromatic heterocycles. The molecule has 1 fully saturated rings. The normalized spacial score (nSPS) is 17.7. The lowest BCUT2D eigenvalue weighted by Crippen LogP contribution is -2.42. The van der Waals surface area contributed by atoms with E-state index in [1.54, 1.807) is 0 Å². The van der Waals surface area contributed by atoms with Gasteiger partial charge in [0.15, 0.2) is 0 Å². The second-order valence-electron chi connectivity index (χ2n) is 6.44. The highest BCUT2D eigenvalue weighted by atomic mass is 16.4. The smallest absolute Gasteiger partial charge is 0.310 e. The zero-order chi connectivity index (χ0) is 15.9. The van der Waals surface area contributed by atoms with Crippen LogP contribution in [0.15, 0.2) is 0 Å². The van der Waals surface area contributed by atoms with E-state index in [1.807, 2.05) is 11.8 Å². The number of carbonyl (C=O) groups excluding carboxylic acids is 1. The largest absolute Gasteiger partial charge is 0.481 e. The van der Waals surface area contributed by atoms with Gasteiger partial charge in [-0.25, -0.2) is 0 Å². The Morgan fingerprint density at radius 3 is 2.10 bits per heavy atom. The standard InChI is InChI=1S/C17H31NO3/c1-4-14(5-2)13-18(6-3)15(19)12-17(16(20)21)10-8-7-9-11-17/h14H,4-13H2,1-3H3,(H,20,21). The van der Waals surface area contributed by atoms with Gasteiger partial charge in [0.25, 0.3) is 0 Å². The lowest BCUT2D eigenvalue weighted by molar-refractivity contribution is -0.156. The minimum atomic E-state index is -0.809. The molecule has 0 unspecified atom stereocenters. The van der Waals surface area contributed by atoms with Crippen molar-refractivity contribution >= 4 is 11.9 Å². The minimum absolute atomic E-state index is 0.0219. The molecule has 0 spiro atoms. The van der Waals surface area contributed by atoms with Crippen molar-refractivity contribution in [3.63, 3.8) is 0 Å². The summed E-state index contributed by atoms with van der Waals surface area (Å²) in [4.78, 5) is 26.1. The number of hydrogen-bond acceptors (Lipinski definition) is 2. The second kappa shape index (κ2) is 8.40. The first-order chi connectivity index (χ1) is 9.99. The zero-order valence-corrected chi connectivity index (χ0v) is 13.9. The van der Waals surface area contributed by atoms with Crippen LogP contribution in [0.1, 0.15) is 72.1 Å². The summed E-state index contributed by atoms with van der Waals surface area (Å²) < 4.78 is 0. The van der Waals surface area contributed by atoms with Crippen LogP contribution in [0.5, 0.6) is 0 Å². The topological polar surface area (TPSA) is 57.6 Å². The number of nitrogens with zero attached hydrogens (tertiary/aromatic N) is 1. The number of carboxylic acids is 1. The predicted molar refractivity (Wildman–Crippen MR) is 84.1 cm³/mol. The van der Waals surface area contributed by atoms with E-state index in [-0.39, 0.29) is 12.3 Å². The number of aliphatic carboxylic acids is 1. The lowest BCUT2D eigenvalue weighted by atomic mass is 9.71. The van der Waals surface area contributed by atoms with Crippen molar-refractivity contribution in [2.75, 3.05) is 13.1 Å². The first kappa shape index (κ1) is 18.0. The number of carbonyl (C=O) groups is 2. The minimum Gasteiger partial charge on any atom is -0.481 e. The third-order valence-corrected chi connectivity index (χ3v) is 5.12. The zero-order valence-electron chi connectivity index (χ0n) is 13.9. The monoisotopic (exact) mass is 297 g/mol. The Kier molecular flexibility index (Phi) is 7.20. The van der Waals surface area contributed by atoms with Gasteiger partial charge in [0, 0.05) is 19.5 Å². The summed E-state index contributed by atoms with van der Waals surface area (Å²) in [5.41, 5.74) is -0.809. The maximum atomic E-state index is 12.6. The number of amides is 1. The van der Waals surface area contributed by atoms with Crippen LogP contribution in [-0.2, 0) is 9.59 Å². The summed E-state index contributed by atoms with van der Waals surface area (Å²) in [7, 11) is 0. The molecule has 4 nitrogen and oxygen atoms in total. The number of carboxylic acid groups (broad SMARTS) is 1. The molecule has 0 aliphatic heterocycles. The Bertz CT molecular complexity index is 344. The SMILES string of the molecule is CCC(CC)CN(CC)C(=O)CC1(C(=O)O)CCCCC1. The van der Waals surface area contributed by atoms with Gasteiger partial charge in [-0.05, 0) is 25.7 Å². The molecule has 1 N–H and O–H groups in total. The molecule has 0 radical (unpaired) electrons. The fraction of sp³-hybridized carbons (Fsp3) is 0.882. The summed E-state index contributed by atoms with van der Waals surface area (Å²) in [6, 6.07) is 0. The van der Waals surface area contributed by atoms with Crippen molar-refractivity contribution < 1.29 is 14.7 Å². The molecular formula is C17H31NO3. The molecule has 4 heteroatoms. The van der Waals surface area contributed by atoms with Crippen molar-refractivity contribution in [1.29, 1.82) is 0 Å². The molecule has 122 valence electrons. The molecule has 21 heavy (non-hydrogen) atoms. The predicted octanol–water partition coefficient (Wildman–Crippen LogP) is 3.70. The van der Waals surface area contributed by atoms with Gasteiger partial charge in [-0.2, -0.15) is 0 Å². The van der Waals surface area contributed by atoms with Gasteiger partial charge in [-0.3, -0.25) is 9.59 Å². The van der Waals surface area contributed by atoms with Crippen LogP contribution >= 0.6 is 0 Å². The highest BCUT2D eigenvalue weighted by Crippen LogP contribution is 2.40. The van der Waals surface area contributed by atoms with Crippen LogP contribution in [0.3, 0.4) is 0 Å². The van der Waals surface area contributed by atoms with Gasteiger partial charge in [0.1, 0.15) is 0 Å². The molecular weight excluding hydrogens is 266 g/mol. The van der Waals surface area contributed by atoms with E-state index in [4.69, 9.17) is 0 Å². The van der Waals surface area contributed by atoms with Crippen molar-refractivity contribution in [1.82, 2.24) is 4.90 Å². The second-order valence-corrected chi connectivity index (χ2v) is 6.44. The molecule has 1 aliphatic rings. The van der Waals surface area contributed by atoms with Crippen LogP contribution in [0, 0.1) is 11.3 Å². The van der Waals surface area contributed by atoms with E-state index in [0.717, 1.165) is 38.6 Å². The van der Waals surface area contributed by atoms with E-state index in [9.17, 15) is 14.7 Å². The van der Waals surface area contributed by atoms with Crippen LogP contribution in [0.4, 0.5) is 0 Å². The highest BCUT2D eigenvalue weighted by Gasteiger charge is 2.42.